The molecule has 1 amide bonds. The molecule has 1 saturated heterocycles. The molecule has 0 bridgehead atoms. The Balaban J connectivity index is 1.32. The van der Waals surface area contributed by atoms with Gasteiger partial charge in [0.05, 0.1) is 17.7 Å². The number of carbonyl (C=O) groups is 1. The summed E-state index contributed by atoms with van der Waals surface area (Å²) in [6.45, 7) is 0.644. The number of H-pyrrole nitrogens is 2. The van der Waals surface area contributed by atoms with Crippen LogP contribution in [0.4, 0.5) is 14.5 Å². The Hall–Kier alpha value is -3.66. The molecule has 0 radical (unpaired) electrons. The number of aliphatic imine (C=N–C) groups is 1. The van der Waals surface area contributed by atoms with E-state index in [-0.39, 0.29) is 30.1 Å². The molecule has 2 aliphatic heterocycles. The summed E-state index contributed by atoms with van der Waals surface area (Å²) >= 11 is 0. The lowest BCUT2D eigenvalue weighted by Gasteiger charge is -2.22. The molecule has 4 heterocycles. The van der Waals surface area contributed by atoms with Crippen LogP contribution in [0.3, 0.4) is 0 Å². The van der Waals surface area contributed by atoms with Crippen LogP contribution >= 0.6 is 0 Å². The first-order chi connectivity index (χ1) is 15.9. The van der Waals surface area contributed by atoms with Crippen LogP contribution in [0.15, 0.2) is 58.1 Å². The summed E-state index contributed by atoms with van der Waals surface area (Å²) < 4.78 is 27.0. The number of nitrogens with one attached hydrogen (secondary N) is 3. The molecule has 1 unspecified atom stereocenters. The van der Waals surface area contributed by atoms with Gasteiger partial charge in [-0.2, -0.15) is 5.10 Å². The molecule has 2 aromatic heterocycles. The first-order valence-electron chi connectivity index (χ1n) is 10.7. The minimum atomic E-state index is -2.61. The van der Waals surface area contributed by atoms with E-state index in [0.29, 0.717) is 36.1 Å². The number of halogens is 2. The third kappa shape index (κ3) is 4.61. The highest BCUT2D eigenvalue weighted by molar-refractivity contribution is 6.11. The first kappa shape index (κ1) is 21.2. The van der Waals surface area contributed by atoms with Crippen LogP contribution in [0, 0.1) is 0 Å². The molecule has 3 N–H and O–H groups in total. The van der Waals surface area contributed by atoms with E-state index in [0.717, 1.165) is 11.1 Å². The van der Waals surface area contributed by atoms with Crippen molar-refractivity contribution in [3.8, 4) is 0 Å². The molecule has 170 valence electrons. The Morgan fingerprint density at radius 1 is 1.27 bits per heavy atom. The normalized spacial score (nSPS) is 20.2. The van der Waals surface area contributed by atoms with Gasteiger partial charge >= 0.3 is 0 Å². The number of aromatic nitrogens is 3. The number of rotatable bonds is 5. The average molecular weight is 452 g/mol. The number of carbonyl (C=O) groups excluding carboxylic acids is 1. The second-order valence-electron chi connectivity index (χ2n) is 8.49. The van der Waals surface area contributed by atoms with E-state index in [9.17, 15) is 18.4 Å². The smallest absolute Gasteiger partial charge is 0.276 e. The fourth-order valence-electron chi connectivity index (χ4n) is 4.29. The van der Waals surface area contributed by atoms with Crippen LogP contribution < -0.4 is 10.9 Å². The molecule has 3 aromatic rings. The van der Waals surface area contributed by atoms with Crippen molar-refractivity contribution >= 4 is 28.7 Å². The van der Waals surface area contributed by atoms with E-state index in [1.54, 1.807) is 11.1 Å². The van der Waals surface area contributed by atoms with E-state index < -0.39 is 11.8 Å². The van der Waals surface area contributed by atoms with Crippen molar-refractivity contribution < 1.29 is 13.6 Å². The van der Waals surface area contributed by atoms with Gasteiger partial charge in [0, 0.05) is 55.5 Å². The van der Waals surface area contributed by atoms with Crippen LogP contribution in [-0.4, -0.2) is 57.8 Å². The van der Waals surface area contributed by atoms with Crippen LogP contribution in [0.2, 0.25) is 0 Å². The molecule has 5 rings (SSSR count). The van der Waals surface area contributed by atoms with Crippen molar-refractivity contribution in [3.05, 3.63) is 69.9 Å². The minimum Gasteiger partial charge on any atom is -0.327 e. The van der Waals surface area contributed by atoms with Gasteiger partial charge in [-0.05, 0) is 35.8 Å². The Morgan fingerprint density at radius 3 is 2.91 bits per heavy atom. The summed E-state index contributed by atoms with van der Waals surface area (Å²) in [5, 5.41) is 10.4. The number of hydrogen-bond acceptors (Lipinski definition) is 5. The highest BCUT2D eigenvalue weighted by Crippen LogP contribution is 2.31. The molecule has 0 spiro atoms. The van der Waals surface area contributed by atoms with Crippen molar-refractivity contribution in [1.29, 1.82) is 0 Å². The number of pyridine rings is 1. The molecule has 33 heavy (non-hydrogen) atoms. The van der Waals surface area contributed by atoms with Crippen molar-refractivity contribution in [2.45, 2.75) is 24.7 Å². The van der Waals surface area contributed by atoms with Crippen molar-refractivity contribution in [1.82, 2.24) is 20.1 Å². The number of aromatic amines is 2. The Labute approximate surface area is 187 Å². The maximum absolute atomic E-state index is 13.5. The van der Waals surface area contributed by atoms with Gasteiger partial charge in [-0.15, -0.1) is 0 Å². The van der Waals surface area contributed by atoms with E-state index in [1.807, 2.05) is 24.4 Å². The lowest BCUT2D eigenvalue weighted by molar-refractivity contribution is 0.0130. The number of likely N-dealkylation sites (tertiary alicyclic amines) is 1. The molecule has 0 aliphatic carbocycles. The SMILES string of the molecule is O=C(Nc1ccc(=O)[nH]c1)c1n[nH]c2ccc(C3C=NC=C(CN4CCC(F)(F)C4)C3)cc12. The Morgan fingerprint density at radius 2 is 2.15 bits per heavy atom. The zero-order valence-electron chi connectivity index (χ0n) is 17.6. The molecule has 0 saturated carbocycles. The molecular formula is C23H22F2N6O2. The number of benzene rings is 1. The summed E-state index contributed by atoms with van der Waals surface area (Å²) in [6, 6.07) is 8.56. The monoisotopic (exact) mass is 452 g/mol. The van der Waals surface area contributed by atoms with E-state index in [4.69, 9.17) is 0 Å². The van der Waals surface area contributed by atoms with E-state index in [1.165, 1.54) is 18.3 Å². The van der Waals surface area contributed by atoms with Gasteiger partial charge in [-0.25, -0.2) is 8.78 Å². The van der Waals surface area contributed by atoms with E-state index >= 15 is 0 Å². The van der Waals surface area contributed by atoms with Gasteiger partial charge in [0.2, 0.25) is 5.56 Å². The fourth-order valence-corrected chi connectivity index (χ4v) is 4.29. The van der Waals surface area contributed by atoms with Crippen molar-refractivity contribution in [2.75, 3.05) is 25.0 Å². The molecule has 2 aliphatic rings. The van der Waals surface area contributed by atoms with Crippen molar-refractivity contribution in [2.24, 2.45) is 4.99 Å². The second kappa shape index (κ2) is 8.36. The average Bonchev–Trinajstić information content (AvgIpc) is 3.37. The molecule has 8 nitrogen and oxygen atoms in total. The van der Waals surface area contributed by atoms with Gasteiger partial charge in [-0.1, -0.05) is 6.07 Å². The van der Waals surface area contributed by atoms with Gasteiger partial charge in [0.1, 0.15) is 0 Å². The summed E-state index contributed by atoms with van der Waals surface area (Å²) in [4.78, 5) is 32.6. The van der Waals surface area contributed by atoms with Gasteiger partial charge in [0.15, 0.2) is 5.69 Å². The molecule has 1 atom stereocenters. The Bertz CT molecular complexity index is 1310. The lowest BCUT2D eigenvalue weighted by atomic mass is 9.90. The summed E-state index contributed by atoms with van der Waals surface area (Å²) in [7, 11) is 0. The zero-order chi connectivity index (χ0) is 23.0. The molecule has 10 heteroatoms. The topological polar surface area (TPSA) is 106 Å². The number of anilines is 1. The number of alkyl halides is 2. The summed E-state index contributed by atoms with van der Waals surface area (Å²) in [5.41, 5.74) is 3.11. The third-order valence-electron chi connectivity index (χ3n) is 5.95. The Kier molecular flexibility index (Phi) is 5.37. The number of amides is 1. The maximum Gasteiger partial charge on any atom is 0.276 e. The number of fused-ring (bicyclic) bond motifs is 1. The minimum absolute atomic E-state index is 0.0254. The zero-order valence-corrected chi connectivity index (χ0v) is 17.6. The predicted molar refractivity (Wildman–Crippen MR) is 121 cm³/mol. The van der Waals surface area contributed by atoms with Crippen LogP contribution in [0.1, 0.15) is 34.8 Å². The number of hydrogen-bond donors (Lipinski definition) is 3. The molecule has 1 aromatic carbocycles. The van der Waals surface area contributed by atoms with Crippen LogP contribution in [0.5, 0.6) is 0 Å². The largest absolute Gasteiger partial charge is 0.327 e. The lowest BCUT2D eigenvalue weighted by Crippen LogP contribution is -2.28. The van der Waals surface area contributed by atoms with Crippen molar-refractivity contribution in [3.63, 3.8) is 0 Å². The quantitative estimate of drug-likeness (QED) is 0.552. The highest BCUT2D eigenvalue weighted by Gasteiger charge is 2.38. The summed E-state index contributed by atoms with van der Waals surface area (Å²) in [5.74, 6) is -3.04. The second-order valence-corrected chi connectivity index (χ2v) is 8.49. The molecular weight excluding hydrogens is 430 g/mol. The first-order valence-corrected chi connectivity index (χ1v) is 10.7. The van der Waals surface area contributed by atoms with Gasteiger partial charge in [-0.3, -0.25) is 24.6 Å². The predicted octanol–water partition coefficient (Wildman–Crippen LogP) is 3.29. The maximum atomic E-state index is 13.5. The fraction of sp³-hybridized carbons (Fsp3) is 0.304. The van der Waals surface area contributed by atoms with Crippen LogP contribution in [-0.2, 0) is 0 Å². The third-order valence-corrected chi connectivity index (χ3v) is 5.95. The standard InChI is InChI=1S/C23H22F2N6O2/c24-23(25)5-6-31(13-23)12-14-7-16(10-26-9-14)15-1-3-19-18(8-15)21(30-29-19)22(33)28-17-2-4-20(32)27-11-17/h1-4,8-11,16H,5-7,12-13H2,(H,27,32)(H,28,33)(H,29,30). The highest BCUT2D eigenvalue weighted by atomic mass is 19.3. The van der Waals surface area contributed by atoms with Gasteiger partial charge < -0.3 is 10.3 Å². The van der Waals surface area contributed by atoms with Gasteiger partial charge in [0.25, 0.3) is 11.8 Å². The molecule has 1 fully saturated rings. The van der Waals surface area contributed by atoms with Crippen LogP contribution in [0.25, 0.3) is 10.9 Å². The van der Waals surface area contributed by atoms with E-state index in [2.05, 4.69) is 25.5 Å². The number of nitrogens with zero attached hydrogens (tertiary/aromatic N) is 3. The summed E-state index contributed by atoms with van der Waals surface area (Å²) in [6.07, 6.45) is 5.58.